The summed E-state index contributed by atoms with van der Waals surface area (Å²) in [6.45, 7) is 13.9. The Bertz CT molecular complexity index is 1330. The number of guanidine groups is 1. The van der Waals surface area contributed by atoms with Crippen LogP contribution in [-0.2, 0) is 14.3 Å². The number of hydrogen-bond donors (Lipinski definition) is 3. The number of fused-ring (bicyclic) bond motifs is 1. The molecular weight excluding hydrogens is 578 g/mol. The van der Waals surface area contributed by atoms with Crippen LogP contribution in [-0.4, -0.2) is 81.2 Å². The molecule has 1 aromatic carbocycles. The molecule has 12 nitrogen and oxygen atoms in total. The minimum absolute atomic E-state index is 0.0623. The Morgan fingerprint density at radius 3 is 2.50 bits per heavy atom. The van der Waals surface area contributed by atoms with Crippen molar-refractivity contribution in [3.63, 3.8) is 0 Å². The normalized spacial score (nSPS) is 17.8. The standard InChI is InChI=1S/C31H45N7O5Si/c1-7-14-32-28(40)22(9-8-20(2)3)17-25(39)21-10-12-23(13-11-21)33-18-24-19-34-27-26(35-24)29(41)37-30(36-27)38-31(42)43-15-16-44(4,5)6/h10-13,19-20,22,26,33H,7-9,14-18H2,1-6H3,(H,32,40)(H,37,38,41,42)/t22-,26?/m1/s1. The first-order valence-electron chi connectivity index (χ1n) is 15.2. The fourth-order valence-electron chi connectivity index (χ4n) is 4.32. The van der Waals surface area contributed by atoms with Crippen molar-refractivity contribution in [2.75, 3.05) is 25.0 Å². The number of ketones is 1. The van der Waals surface area contributed by atoms with Gasteiger partial charge >= 0.3 is 6.09 Å². The van der Waals surface area contributed by atoms with Crippen molar-refractivity contribution < 1.29 is 23.9 Å². The zero-order chi connectivity index (χ0) is 32.3. The van der Waals surface area contributed by atoms with E-state index in [1.165, 1.54) is 6.21 Å². The SMILES string of the molecule is CCCNC(=O)[C@H](CCC(C)C)CC(=O)c1ccc(NCC2=NC3C(=O)N/C(=N\C(=O)OCC[Si](C)(C)C)N=C3N=C2)cc1. The molecule has 238 valence electrons. The molecule has 3 rings (SSSR count). The Morgan fingerprint density at radius 1 is 1.11 bits per heavy atom. The van der Waals surface area contributed by atoms with Gasteiger partial charge < -0.3 is 15.4 Å². The largest absolute Gasteiger partial charge is 0.448 e. The van der Waals surface area contributed by atoms with Crippen LogP contribution in [0, 0.1) is 11.8 Å². The summed E-state index contributed by atoms with van der Waals surface area (Å²) in [7, 11) is -1.36. The first-order chi connectivity index (χ1) is 20.8. The highest BCUT2D eigenvalue weighted by Gasteiger charge is 2.32. The Morgan fingerprint density at radius 2 is 1.84 bits per heavy atom. The van der Waals surface area contributed by atoms with Crippen LogP contribution in [0.15, 0.2) is 44.2 Å². The van der Waals surface area contributed by atoms with Crippen molar-refractivity contribution >= 4 is 61.2 Å². The molecule has 3 N–H and O–H groups in total. The van der Waals surface area contributed by atoms with Crippen LogP contribution >= 0.6 is 0 Å². The molecule has 0 bridgehead atoms. The number of carbonyl (C=O) groups excluding carboxylic acids is 4. The van der Waals surface area contributed by atoms with Gasteiger partial charge in [-0.05, 0) is 49.1 Å². The van der Waals surface area contributed by atoms with Crippen molar-refractivity contribution in [1.29, 1.82) is 0 Å². The summed E-state index contributed by atoms with van der Waals surface area (Å²) in [5.74, 6) is -0.546. The quantitative estimate of drug-likeness (QED) is 0.192. The second-order valence-electron chi connectivity index (χ2n) is 12.6. The van der Waals surface area contributed by atoms with Crippen LogP contribution < -0.4 is 16.0 Å². The lowest BCUT2D eigenvalue weighted by molar-refractivity contribution is -0.125. The molecule has 2 atom stereocenters. The average molecular weight is 624 g/mol. The molecule has 0 fully saturated rings. The molecule has 3 amide bonds. The molecule has 2 heterocycles. The number of rotatable bonds is 15. The van der Waals surface area contributed by atoms with Gasteiger partial charge in [0.25, 0.3) is 5.91 Å². The number of carbonyl (C=O) groups is 4. The van der Waals surface area contributed by atoms with Crippen LogP contribution in [0.3, 0.4) is 0 Å². The average Bonchev–Trinajstić information content (AvgIpc) is 2.96. The van der Waals surface area contributed by atoms with E-state index in [4.69, 9.17) is 4.74 Å². The minimum atomic E-state index is -1.36. The van der Waals surface area contributed by atoms with E-state index in [9.17, 15) is 19.2 Å². The molecule has 13 heteroatoms. The molecule has 0 saturated heterocycles. The van der Waals surface area contributed by atoms with Gasteiger partial charge in [-0.3, -0.25) is 24.7 Å². The van der Waals surface area contributed by atoms with Gasteiger partial charge in [-0.1, -0.05) is 46.8 Å². The summed E-state index contributed by atoms with van der Waals surface area (Å²) >= 11 is 0. The fourth-order valence-corrected chi connectivity index (χ4v) is 5.03. The number of benzene rings is 1. The summed E-state index contributed by atoms with van der Waals surface area (Å²) in [6, 6.07) is 6.92. The third-order valence-corrected chi connectivity index (χ3v) is 8.69. The van der Waals surface area contributed by atoms with E-state index >= 15 is 0 Å². The first-order valence-corrected chi connectivity index (χ1v) is 19.0. The second-order valence-corrected chi connectivity index (χ2v) is 18.2. The molecule has 0 saturated carbocycles. The van der Waals surface area contributed by atoms with Crippen molar-refractivity contribution in [3.8, 4) is 0 Å². The zero-order valence-corrected chi connectivity index (χ0v) is 27.6. The van der Waals surface area contributed by atoms with Gasteiger partial charge in [0.05, 0.1) is 25.1 Å². The van der Waals surface area contributed by atoms with Crippen molar-refractivity contribution in [1.82, 2.24) is 10.6 Å². The Kier molecular flexibility index (Phi) is 12.7. The van der Waals surface area contributed by atoms with E-state index in [1.807, 2.05) is 6.92 Å². The number of nitrogens with zero attached hydrogens (tertiary/aromatic N) is 4. The number of hydrogen-bond acceptors (Lipinski definition) is 8. The minimum Gasteiger partial charge on any atom is -0.448 e. The number of amides is 3. The monoisotopic (exact) mass is 623 g/mol. The van der Waals surface area contributed by atoms with E-state index in [-0.39, 0.29) is 49.0 Å². The number of amidine groups is 1. The van der Waals surface area contributed by atoms with Gasteiger partial charge in [0, 0.05) is 38.2 Å². The van der Waals surface area contributed by atoms with E-state index in [0.29, 0.717) is 30.2 Å². The second kappa shape index (κ2) is 16.2. The van der Waals surface area contributed by atoms with Crippen LogP contribution in [0.2, 0.25) is 25.7 Å². The lowest BCUT2D eigenvalue weighted by atomic mass is 9.90. The fraction of sp³-hybridized carbons (Fsp3) is 0.548. The predicted octanol–water partition coefficient (Wildman–Crippen LogP) is 4.50. The van der Waals surface area contributed by atoms with Gasteiger partial charge in [-0.15, -0.1) is 4.99 Å². The molecule has 0 aromatic heterocycles. The number of Topliss-reactive ketones (excluding diaryl/α,β-unsaturated/α-hetero) is 1. The molecule has 0 aliphatic carbocycles. The van der Waals surface area contributed by atoms with Crippen LogP contribution in [0.1, 0.15) is 56.8 Å². The predicted molar refractivity (Wildman–Crippen MR) is 177 cm³/mol. The smallest absolute Gasteiger partial charge is 0.436 e. The Labute approximate surface area is 260 Å². The highest BCUT2D eigenvalue weighted by atomic mass is 28.3. The van der Waals surface area contributed by atoms with Gasteiger partial charge in [-0.2, -0.15) is 4.99 Å². The molecule has 44 heavy (non-hydrogen) atoms. The summed E-state index contributed by atoms with van der Waals surface area (Å²) in [5, 5.41) is 8.63. The molecular formula is C31H45N7O5Si. The molecule has 0 spiro atoms. The maximum Gasteiger partial charge on any atom is 0.436 e. The number of anilines is 1. The maximum atomic E-state index is 13.0. The van der Waals surface area contributed by atoms with E-state index in [0.717, 1.165) is 24.6 Å². The van der Waals surface area contributed by atoms with Crippen LogP contribution in [0.25, 0.3) is 0 Å². The van der Waals surface area contributed by atoms with Gasteiger partial charge in [0.15, 0.2) is 17.7 Å². The number of nitrogens with one attached hydrogen (secondary N) is 3. The van der Waals surface area contributed by atoms with Gasteiger partial charge in [0.2, 0.25) is 11.9 Å². The van der Waals surface area contributed by atoms with E-state index < -0.39 is 26.1 Å². The lowest BCUT2D eigenvalue weighted by Crippen LogP contribution is -2.48. The summed E-state index contributed by atoms with van der Waals surface area (Å²) in [5.41, 5.74) is 1.83. The molecule has 2 aliphatic rings. The lowest BCUT2D eigenvalue weighted by Gasteiger charge is -2.21. The van der Waals surface area contributed by atoms with Gasteiger partial charge in [-0.25, -0.2) is 9.79 Å². The molecule has 2 aliphatic heterocycles. The van der Waals surface area contributed by atoms with Crippen LogP contribution in [0.5, 0.6) is 0 Å². The number of ether oxygens (including phenoxy) is 1. The topological polar surface area (TPSA) is 163 Å². The highest BCUT2D eigenvalue weighted by Crippen LogP contribution is 2.20. The third-order valence-electron chi connectivity index (χ3n) is 6.99. The molecule has 1 unspecified atom stereocenters. The Balaban J connectivity index is 1.55. The van der Waals surface area contributed by atoms with Crippen molar-refractivity contribution in [3.05, 3.63) is 29.8 Å². The van der Waals surface area contributed by atoms with Crippen molar-refractivity contribution in [2.24, 2.45) is 31.8 Å². The molecule has 1 aromatic rings. The Hall–Kier alpha value is -4.00. The van der Waals surface area contributed by atoms with Crippen molar-refractivity contribution in [2.45, 2.75) is 78.2 Å². The third kappa shape index (κ3) is 11.2. The van der Waals surface area contributed by atoms with E-state index in [1.54, 1.807) is 24.3 Å². The first kappa shape index (κ1) is 34.5. The number of aliphatic imine (C=N–C) groups is 4. The van der Waals surface area contributed by atoms with E-state index in [2.05, 4.69) is 69.4 Å². The van der Waals surface area contributed by atoms with Crippen LogP contribution in [0.4, 0.5) is 10.5 Å². The highest BCUT2D eigenvalue weighted by molar-refractivity contribution is 6.76. The summed E-state index contributed by atoms with van der Waals surface area (Å²) in [4.78, 5) is 66.9. The van der Waals surface area contributed by atoms with Gasteiger partial charge in [0.1, 0.15) is 0 Å². The molecule has 0 radical (unpaired) electrons. The zero-order valence-electron chi connectivity index (χ0n) is 26.6. The summed E-state index contributed by atoms with van der Waals surface area (Å²) in [6.07, 6.45) is 3.26. The maximum absolute atomic E-state index is 13.0. The summed E-state index contributed by atoms with van der Waals surface area (Å²) < 4.78 is 5.14.